The number of aryl methyl sites for hydroxylation is 1. The number of nitrogens with one attached hydrogen (secondary N) is 1. The van der Waals surface area contributed by atoms with E-state index in [0.717, 1.165) is 16.3 Å². The lowest BCUT2D eigenvalue weighted by Gasteiger charge is -2.31. The smallest absolute Gasteiger partial charge is 0.251 e. The highest BCUT2D eigenvalue weighted by molar-refractivity contribution is 7.80. The Hall–Kier alpha value is -3.38. The minimum atomic E-state index is -1.05. The predicted molar refractivity (Wildman–Crippen MR) is 115 cm³/mol. The zero-order valence-corrected chi connectivity index (χ0v) is 15.9. The highest BCUT2D eigenvalue weighted by Gasteiger charge is 2.38. The minimum absolute atomic E-state index is 0.0775. The first-order chi connectivity index (χ1) is 13.5. The van der Waals surface area contributed by atoms with Crippen molar-refractivity contribution in [3.63, 3.8) is 0 Å². The summed E-state index contributed by atoms with van der Waals surface area (Å²) in [6.07, 6.45) is 1.39. The molecule has 0 aromatic heterocycles. The van der Waals surface area contributed by atoms with Crippen molar-refractivity contribution < 1.29 is 9.59 Å². The van der Waals surface area contributed by atoms with Gasteiger partial charge in [0.15, 0.2) is 11.0 Å². The van der Waals surface area contributed by atoms with Crippen LogP contribution >= 0.6 is 12.2 Å². The molecular formula is C22H17N3O2S. The molecule has 3 aromatic carbocycles. The molecule has 138 valence electrons. The maximum atomic E-state index is 13.0. The first-order valence-electron chi connectivity index (χ1n) is 8.82. The number of hydrogen-bond donors (Lipinski definition) is 1. The summed E-state index contributed by atoms with van der Waals surface area (Å²) in [7, 11) is 0. The van der Waals surface area contributed by atoms with E-state index >= 15 is 0 Å². The molecule has 0 bridgehead atoms. The van der Waals surface area contributed by atoms with Gasteiger partial charge in [0.1, 0.15) is 0 Å². The van der Waals surface area contributed by atoms with Gasteiger partial charge in [-0.2, -0.15) is 0 Å². The molecule has 3 aromatic rings. The van der Waals surface area contributed by atoms with Gasteiger partial charge in [0.2, 0.25) is 5.91 Å². The van der Waals surface area contributed by atoms with Crippen LogP contribution in [0.5, 0.6) is 0 Å². The molecule has 0 unspecified atom stereocenters. The lowest BCUT2D eigenvalue weighted by atomic mass is 10.1. The van der Waals surface area contributed by atoms with Crippen LogP contribution in [0.4, 0.5) is 11.4 Å². The second-order valence-corrected chi connectivity index (χ2v) is 6.94. The van der Waals surface area contributed by atoms with Crippen LogP contribution in [-0.2, 0) is 9.59 Å². The maximum absolute atomic E-state index is 13.0. The largest absolute Gasteiger partial charge is 0.301 e. The molecular weight excluding hydrogens is 370 g/mol. The van der Waals surface area contributed by atoms with Crippen molar-refractivity contribution in [2.24, 2.45) is 10.9 Å². The van der Waals surface area contributed by atoms with Crippen LogP contribution in [0.3, 0.4) is 0 Å². The molecule has 2 amide bonds. The molecule has 1 aliphatic rings. The molecule has 1 fully saturated rings. The van der Waals surface area contributed by atoms with E-state index in [4.69, 9.17) is 12.2 Å². The normalized spacial score (nSPS) is 17.4. The van der Waals surface area contributed by atoms with Crippen LogP contribution in [0, 0.1) is 12.8 Å². The Balaban J connectivity index is 1.67. The summed E-state index contributed by atoms with van der Waals surface area (Å²) in [5.41, 5.74) is 2.38. The van der Waals surface area contributed by atoms with Crippen molar-refractivity contribution in [1.82, 2.24) is 5.32 Å². The molecule has 5 nitrogen and oxygen atoms in total. The average molecular weight is 387 g/mol. The Morgan fingerprint density at radius 3 is 2.50 bits per heavy atom. The number of aliphatic imine (C=N–C) groups is 1. The number of nitrogens with zero attached hydrogens (tertiary/aromatic N) is 2. The van der Waals surface area contributed by atoms with Crippen LogP contribution in [-0.4, -0.2) is 23.1 Å². The van der Waals surface area contributed by atoms with Gasteiger partial charge in [-0.25, -0.2) is 0 Å². The van der Waals surface area contributed by atoms with E-state index in [1.807, 2.05) is 61.5 Å². The molecule has 1 saturated heterocycles. The fourth-order valence-corrected chi connectivity index (χ4v) is 3.43. The van der Waals surface area contributed by atoms with Gasteiger partial charge in [-0.3, -0.25) is 19.5 Å². The molecule has 6 heteroatoms. The van der Waals surface area contributed by atoms with Crippen molar-refractivity contribution >= 4 is 57.5 Å². The summed E-state index contributed by atoms with van der Waals surface area (Å²) in [6.45, 7) is 1.96. The number of fused-ring (bicyclic) bond motifs is 1. The second kappa shape index (κ2) is 7.32. The fourth-order valence-electron chi connectivity index (χ4n) is 3.14. The topological polar surface area (TPSA) is 61.8 Å². The average Bonchev–Trinajstić information content (AvgIpc) is 2.69. The van der Waals surface area contributed by atoms with Gasteiger partial charge >= 0.3 is 0 Å². The second-order valence-electron chi connectivity index (χ2n) is 6.56. The third kappa shape index (κ3) is 3.30. The molecule has 0 spiro atoms. The first kappa shape index (κ1) is 18.0. The van der Waals surface area contributed by atoms with Gasteiger partial charge in [0.05, 0.1) is 11.4 Å². The molecule has 1 aliphatic heterocycles. The van der Waals surface area contributed by atoms with Gasteiger partial charge in [0, 0.05) is 11.6 Å². The third-order valence-corrected chi connectivity index (χ3v) is 4.91. The molecule has 28 heavy (non-hydrogen) atoms. The van der Waals surface area contributed by atoms with E-state index in [9.17, 15) is 9.59 Å². The lowest BCUT2D eigenvalue weighted by molar-refractivity contribution is -0.130. The van der Waals surface area contributed by atoms with Crippen molar-refractivity contribution in [3.8, 4) is 0 Å². The SMILES string of the molecule is Cc1ccc(N2C(=O)[C@@H](C=Nc3cccc4ccccc34)C(=O)NC2=S)cc1. The van der Waals surface area contributed by atoms with E-state index in [2.05, 4.69) is 10.3 Å². The maximum Gasteiger partial charge on any atom is 0.251 e. The molecule has 1 heterocycles. The number of anilines is 1. The van der Waals surface area contributed by atoms with Crippen LogP contribution in [0.15, 0.2) is 71.7 Å². The Morgan fingerprint density at radius 1 is 1.00 bits per heavy atom. The zero-order valence-electron chi connectivity index (χ0n) is 15.1. The fraction of sp³-hybridized carbons (Fsp3) is 0.0909. The minimum Gasteiger partial charge on any atom is -0.301 e. The van der Waals surface area contributed by atoms with Gasteiger partial charge < -0.3 is 5.32 Å². The van der Waals surface area contributed by atoms with Gasteiger partial charge in [-0.15, -0.1) is 0 Å². The monoisotopic (exact) mass is 387 g/mol. The Labute approximate surface area is 167 Å². The Bertz CT molecular complexity index is 1120. The molecule has 0 saturated carbocycles. The lowest BCUT2D eigenvalue weighted by Crippen LogP contribution is -2.58. The summed E-state index contributed by atoms with van der Waals surface area (Å²) >= 11 is 5.22. The van der Waals surface area contributed by atoms with Crippen molar-refractivity contribution in [3.05, 3.63) is 72.3 Å². The van der Waals surface area contributed by atoms with E-state index in [1.54, 1.807) is 12.1 Å². The van der Waals surface area contributed by atoms with Crippen molar-refractivity contribution in [1.29, 1.82) is 0 Å². The number of carbonyl (C=O) groups excluding carboxylic acids is 2. The molecule has 0 radical (unpaired) electrons. The van der Waals surface area contributed by atoms with Crippen LogP contribution in [0.2, 0.25) is 0 Å². The summed E-state index contributed by atoms with van der Waals surface area (Å²) in [4.78, 5) is 31.2. The van der Waals surface area contributed by atoms with Gasteiger partial charge in [-0.05, 0) is 42.7 Å². The number of hydrogen-bond acceptors (Lipinski definition) is 4. The van der Waals surface area contributed by atoms with Crippen LogP contribution < -0.4 is 10.2 Å². The quantitative estimate of drug-likeness (QED) is 0.421. The highest BCUT2D eigenvalue weighted by atomic mass is 32.1. The number of rotatable bonds is 3. The van der Waals surface area contributed by atoms with E-state index in [-0.39, 0.29) is 5.11 Å². The summed E-state index contributed by atoms with van der Waals surface area (Å²) in [5.74, 6) is -1.93. The Morgan fingerprint density at radius 2 is 1.71 bits per heavy atom. The van der Waals surface area contributed by atoms with E-state index < -0.39 is 17.7 Å². The Kier molecular flexibility index (Phi) is 4.71. The van der Waals surface area contributed by atoms with Crippen molar-refractivity contribution in [2.45, 2.75) is 6.92 Å². The van der Waals surface area contributed by atoms with Crippen molar-refractivity contribution in [2.75, 3.05) is 4.90 Å². The highest BCUT2D eigenvalue weighted by Crippen LogP contribution is 2.26. The van der Waals surface area contributed by atoms with Gasteiger partial charge in [-0.1, -0.05) is 54.1 Å². The standard InChI is InChI=1S/C22H17N3O2S/c1-14-9-11-16(12-10-14)25-21(27)18(20(26)24-22(25)28)13-23-19-8-4-6-15-5-2-3-7-17(15)19/h2-13,18H,1H3,(H,24,26,28)/t18-/m0/s1. The molecule has 4 rings (SSSR count). The predicted octanol–water partition coefficient (Wildman–Crippen LogP) is 3.91. The number of amides is 2. The van der Waals surface area contributed by atoms with Crippen LogP contribution in [0.1, 0.15) is 5.56 Å². The van der Waals surface area contributed by atoms with E-state index in [1.165, 1.54) is 11.1 Å². The first-order valence-corrected chi connectivity index (χ1v) is 9.23. The summed E-state index contributed by atoms with van der Waals surface area (Å²) in [5, 5.41) is 4.68. The summed E-state index contributed by atoms with van der Waals surface area (Å²) < 4.78 is 0. The van der Waals surface area contributed by atoms with Crippen LogP contribution in [0.25, 0.3) is 10.8 Å². The molecule has 0 aliphatic carbocycles. The number of carbonyl (C=O) groups is 2. The summed E-state index contributed by atoms with van der Waals surface area (Å²) in [6, 6.07) is 20.9. The third-order valence-electron chi connectivity index (χ3n) is 4.62. The molecule has 1 atom stereocenters. The number of thiocarbonyl (C=S) groups is 1. The van der Waals surface area contributed by atoms with Gasteiger partial charge in [0.25, 0.3) is 5.91 Å². The molecule has 1 N–H and O–H groups in total. The number of benzene rings is 3. The van der Waals surface area contributed by atoms with E-state index in [0.29, 0.717) is 11.4 Å². The zero-order chi connectivity index (χ0) is 19.7.